The Balaban J connectivity index is 0.000000174. The molecule has 5 heteroatoms. The normalized spacial score (nSPS) is 13.9. The lowest BCUT2D eigenvalue weighted by atomic mass is 9.92. The van der Waals surface area contributed by atoms with Crippen molar-refractivity contribution in [2.24, 2.45) is 7.05 Å². The molecular weight excluding hydrogens is 318 g/mol. The third-order valence-electron chi connectivity index (χ3n) is 4.30. The van der Waals surface area contributed by atoms with E-state index in [-0.39, 0.29) is 11.2 Å². The zero-order valence-corrected chi connectivity index (χ0v) is 16.5. The van der Waals surface area contributed by atoms with Crippen LogP contribution in [-0.2, 0) is 31.8 Å². The van der Waals surface area contributed by atoms with E-state index >= 15 is 0 Å². The van der Waals surface area contributed by atoms with Crippen LogP contribution in [0.3, 0.4) is 0 Å². The first-order valence-corrected chi connectivity index (χ1v) is 9.46. The number of nitrogens with zero attached hydrogens (tertiary/aromatic N) is 2. The van der Waals surface area contributed by atoms with Crippen molar-refractivity contribution in [2.75, 3.05) is 6.54 Å². The number of hydrogen-bond acceptors (Lipinski definition) is 4. The lowest BCUT2D eigenvalue weighted by Gasteiger charge is -2.13. The molecule has 4 nitrogen and oxygen atoms in total. The van der Waals surface area contributed by atoms with Crippen molar-refractivity contribution >= 4 is 17.1 Å². The molecule has 0 aromatic carbocycles. The fraction of sp³-hybridized carbons (Fsp3) is 0.579. The van der Waals surface area contributed by atoms with E-state index in [0.717, 1.165) is 31.5 Å². The van der Waals surface area contributed by atoms with Crippen molar-refractivity contribution in [3.63, 3.8) is 0 Å². The molecular formula is C19H29N3OS. The highest BCUT2D eigenvalue weighted by molar-refractivity contribution is 7.10. The summed E-state index contributed by atoms with van der Waals surface area (Å²) in [6, 6.07) is 2.19. The summed E-state index contributed by atoms with van der Waals surface area (Å²) in [7, 11) is 2.01. The fourth-order valence-corrected chi connectivity index (χ4v) is 3.87. The third-order valence-corrected chi connectivity index (χ3v) is 5.33. The maximum absolute atomic E-state index is 11.2. The molecule has 0 fully saturated rings. The largest absolute Gasteiger partial charge is 0.312 e. The molecule has 1 aliphatic rings. The second-order valence-electron chi connectivity index (χ2n) is 7.28. The molecule has 0 saturated carbocycles. The summed E-state index contributed by atoms with van der Waals surface area (Å²) < 4.78 is 1.97. The van der Waals surface area contributed by atoms with Crippen molar-refractivity contribution in [3.05, 3.63) is 38.8 Å². The van der Waals surface area contributed by atoms with E-state index in [4.69, 9.17) is 0 Å². The van der Waals surface area contributed by atoms with Gasteiger partial charge in [0.2, 0.25) is 0 Å². The zero-order chi connectivity index (χ0) is 17.9. The molecule has 0 saturated heterocycles. The number of thiophene rings is 1. The molecule has 2 aromatic heterocycles. The van der Waals surface area contributed by atoms with Crippen LogP contribution in [0.1, 0.15) is 66.8 Å². The number of aryl methyl sites for hydroxylation is 2. The number of ketones is 1. The van der Waals surface area contributed by atoms with Gasteiger partial charge in [0.05, 0.1) is 5.69 Å². The Labute approximate surface area is 149 Å². The van der Waals surface area contributed by atoms with Crippen molar-refractivity contribution in [3.8, 4) is 0 Å². The number of nitrogens with one attached hydrogen (secondary N) is 1. The Morgan fingerprint density at radius 1 is 1.42 bits per heavy atom. The molecule has 0 amide bonds. The van der Waals surface area contributed by atoms with Crippen LogP contribution in [0.2, 0.25) is 0 Å². The van der Waals surface area contributed by atoms with Crippen LogP contribution in [0.25, 0.3) is 0 Å². The van der Waals surface area contributed by atoms with Gasteiger partial charge in [-0.2, -0.15) is 5.10 Å². The van der Waals surface area contributed by atoms with Gasteiger partial charge in [0.1, 0.15) is 0 Å². The van der Waals surface area contributed by atoms with Gasteiger partial charge in [-0.05, 0) is 37.9 Å². The monoisotopic (exact) mass is 347 g/mol. The van der Waals surface area contributed by atoms with Gasteiger partial charge in [0.25, 0.3) is 0 Å². The Bertz CT molecular complexity index is 707. The molecule has 2 aromatic rings. The fourth-order valence-electron chi connectivity index (χ4n) is 2.76. The molecule has 0 atom stereocenters. The highest BCUT2D eigenvalue weighted by atomic mass is 32.1. The smallest absolute Gasteiger partial charge is 0.160 e. The summed E-state index contributed by atoms with van der Waals surface area (Å²) in [6.45, 7) is 12.3. The van der Waals surface area contributed by atoms with E-state index in [1.165, 1.54) is 21.8 Å². The van der Waals surface area contributed by atoms with Crippen LogP contribution in [0.4, 0.5) is 0 Å². The van der Waals surface area contributed by atoms with Gasteiger partial charge in [0.15, 0.2) is 5.78 Å². The molecule has 132 valence electrons. The number of carbonyl (C=O) groups excluding carboxylic acids is 1. The maximum atomic E-state index is 11.2. The van der Waals surface area contributed by atoms with Crippen molar-refractivity contribution in [1.29, 1.82) is 0 Å². The highest BCUT2D eigenvalue weighted by Crippen LogP contribution is 2.25. The van der Waals surface area contributed by atoms with E-state index in [9.17, 15) is 4.79 Å². The standard InChI is InChI=1S/C10H18N2.C9H11NOS/c1-6-8-7-9(10(2,3)4)11-12(8)5;1-6(11)8-5-12-9-4-10-3-2-7(8)9/h7H,6H2,1-5H3;5,10H,2-4H2,1H3. The summed E-state index contributed by atoms with van der Waals surface area (Å²) in [5.74, 6) is 0.203. The molecule has 0 unspecified atom stereocenters. The minimum atomic E-state index is 0.172. The number of carbonyl (C=O) groups is 1. The van der Waals surface area contributed by atoms with Crippen LogP contribution in [0, 0.1) is 0 Å². The second-order valence-corrected chi connectivity index (χ2v) is 8.25. The Morgan fingerprint density at radius 3 is 2.62 bits per heavy atom. The SMILES string of the molecule is CC(=O)c1csc2c1CCNC2.CCc1cc(C(C)(C)C)nn1C. The molecule has 24 heavy (non-hydrogen) atoms. The number of aromatic nitrogens is 2. The van der Waals surface area contributed by atoms with E-state index < -0.39 is 0 Å². The Kier molecular flexibility index (Phi) is 5.99. The number of fused-ring (bicyclic) bond motifs is 1. The summed E-state index contributed by atoms with van der Waals surface area (Å²) >= 11 is 1.70. The van der Waals surface area contributed by atoms with Crippen LogP contribution in [0.5, 0.6) is 0 Å². The predicted octanol–water partition coefficient (Wildman–Crippen LogP) is 3.88. The molecule has 0 aliphatic carbocycles. The first kappa shape index (κ1) is 18.9. The van der Waals surface area contributed by atoms with Crippen LogP contribution >= 0.6 is 11.3 Å². The Morgan fingerprint density at radius 2 is 2.12 bits per heavy atom. The second kappa shape index (κ2) is 7.62. The molecule has 3 heterocycles. The number of rotatable bonds is 2. The topological polar surface area (TPSA) is 46.9 Å². The number of hydrogen-bond donors (Lipinski definition) is 1. The lowest BCUT2D eigenvalue weighted by molar-refractivity contribution is 0.101. The van der Waals surface area contributed by atoms with Gasteiger partial charge < -0.3 is 5.32 Å². The zero-order valence-electron chi connectivity index (χ0n) is 15.7. The van der Waals surface area contributed by atoms with Crippen LogP contribution in [-0.4, -0.2) is 22.1 Å². The molecule has 0 spiro atoms. The van der Waals surface area contributed by atoms with E-state index in [0.29, 0.717) is 0 Å². The summed E-state index contributed by atoms with van der Waals surface area (Å²) in [4.78, 5) is 12.5. The molecule has 3 rings (SSSR count). The van der Waals surface area contributed by atoms with Gasteiger partial charge in [-0.15, -0.1) is 11.3 Å². The lowest BCUT2D eigenvalue weighted by Crippen LogP contribution is -2.23. The summed E-state index contributed by atoms with van der Waals surface area (Å²) in [5, 5.41) is 9.75. The van der Waals surface area contributed by atoms with Crippen LogP contribution < -0.4 is 5.32 Å². The first-order chi connectivity index (χ1) is 11.2. The molecule has 0 radical (unpaired) electrons. The van der Waals surface area contributed by atoms with Gasteiger partial charge in [-0.1, -0.05) is 27.7 Å². The van der Waals surface area contributed by atoms with Crippen molar-refractivity contribution < 1.29 is 4.79 Å². The minimum Gasteiger partial charge on any atom is -0.312 e. The molecule has 1 aliphatic heterocycles. The molecule has 1 N–H and O–H groups in total. The van der Waals surface area contributed by atoms with Crippen molar-refractivity contribution in [1.82, 2.24) is 15.1 Å². The highest BCUT2D eigenvalue weighted by Gasteiger charge is 2.18. The number of Topliss-reactive ketones (excluding diaryl/α,β-unsaturated/α-hetero) is 1. The predicted molar refractivity (Wildman–Crippen MR) is 101 cm³/mol. The summed E-state index contributed by atoms with van der Waals surface area (Å²) in [5.41, 5.74) is 4.88. The van der Waals surface area contributed by atoms with E-state index in [2.05, 4.69) is 44.2 Å². The molecule has 0 bridgehead atoms. The van der Waals surface area contributed by atoms with Crippen molar-refractivity contribution in [2.45, 2.75) is 59.4 Å². The average molecular weight is 348 g/mol. The van der Waals surface area contributed by atoms with Gasteiger partial charge >= 0.3 is 0 Å². The quantitative estimate of drug-likeness (QED) is 0.839. The minimum absolute atomic E-state index is 0.172. The van der Waals surface area contributed by atoms with E-state index in [1.807, 2.05) is 17.1 Å². The van der Waals surface area contributed by atoms with Gasteiger partial charge in [-0.25, -0.2) is 0 Å². The average Bonchev–Trinajstić information content (AvgIpc) is 3.10. The maximum Gasteiger partial charge on any atom is 0.160 e. The Hall–Kier alpha value is -1.46. The first-order valence-electron chi connectivity index (χ1n) is 8.58. The van der Waals surface area contributed by atoms with Gasteiger partial charge in [-0.3, -0.25) is 9.48 Å². The summed E-state index contributed by atoms with van der Waals surface area (Å²) in [6.07, 6.45) is 2.06. The van der Waals surface area contributed by atoms with Gasteiger partial charge in [0, 0.05) is 40.5 Å². The third kappa shape index (κ3) is 4.33. The van der Waals surface area contributed by atoms with Crippen LogP contribution in [0.15, 0.2) is 11.4 Å². The van der Waals surface area contributed by atoms with E-state index in [1.54, 1.807) is 18.3 Å².